The molecular weight excluding hydrogens is 222 g/mol. The molecule has 0 N–H and O–H groups in total. The number of hydroxylamine groups is 2. The quantitative estimate of drug-likeness (QED) is 0.356. The van der Waals surface area contributed by atoms with Crippen LogP contribution in [0.25, 0.3) is 0 Å². The Morgan fingerprint density at radius 1 is 1.35 bits per heavy atom. The van der Waals surface area contributed by atoms with E-state index in [0.29, 0.717) is 13.2 Å². The van der Waals surface area contributed by atoms with Gasteiger partial charge in [0.15, 0.2) is 0 Å². The zero-order valence-corrected chi connectivity index (χ0v) is 11.4. The molecular formula is C12H25NO4. The first-order chi connectivity index (χ1) is 8.10. The summed E-state index contributed by atoms with van der Waals surface area (Å²) in [6, 6.07) is 0. The summed E-state index contributed by atoms with van der Waals surface area (Å²) in [4.78, 5) is 15.9. The maximum Gasteiger partial charge on any atom is 0.527 e. The topological polar surface area (TPSA) is 48.0 Å². The molecule has 0 rings (SSSR count). The van der Waals surface area contributed by atoms with Gasteiger partial charge in [-0.1, -0.05) is 13.3 Å². The smallest absolute Gasteiger partial charge is 0.433 e. The Bertz CT molecular complexity index is 199. The van der Waals surface area contributed by atoms with Crippen molar-refractivity contribution in [1.29, 1.82) is 0 Å². The predicted molar refractivity (Wildman–Crippen MR) is 65.7 cm³/mol. The second-order valence-corrected chi connectivity index (χ2v) is 3.95. The second kappa shape index (κ2) is 10.4. The number of hydrogen-bond acceptors (Lipinski definition) is 5. The third kappa shape index (κ3) is 10.1. The molecule has 5 nitrogen and oxygen atoms in total. The van der Waals surface area contributed by atoms with Crippen LogP contribution < -0.4 is 0 Å². The average molecular weight is 247 g/mol. The maximum atomic E-state index is 11.0. The lowest BCUT2D eigenvalue weighted by molar-refractivity contribution is -0.114. The first-order valence-electron chi connectivity index (χ1n) is 6.27. The van der Waals surface area contributed by atoms with Crippen molar-refractivity contribution in [3.63, 3.8) is 0 Å². The molecule has 102 valence electrons. The van der Waals surface area contributed by atoms with Gasteiger partial charge in [0, 0.05) is 20.2 Å². The molecule has 17 heavy (non-hydrogen) atoms. The Hall–Kier alpha value is -0.810. The maximum absolute atomic E-state index is 11.0. The van der Waals surface area contributed by atoms with Gasteiger partial charge in [-0.25, -0.2) is 4.79 Å². The molecule has 0 saturated heterocycles. The van der Waals surface area contributed by atoms with Crippen molar-refractivity contribution >= 4 is 6.16 Å². The minimum absolute atomic E-state index is 0.176. The average Bonchev–Trinajstić information content (AvgIpc) is 2.27. The van der Waals surface area contributed by atoms with Crippen molar-refractivity contribution in [2.75, 3.05) is 26.8 Å². The van der Waals surface area contributed by atoms with Crippen molar-refractivity contribution in [3.8, 4) is 0 Å². The fraction of sp³-hybridized carbons (Fsp3) is 0.917. The largest absolute Gasteiger partial charge is 0.527 e. The molecule has 0 saturated carbocycles. The van der Waals surface area contributed by atoms with Crippen LogP contribution in [0.4, 0.5) is 4.79 Å². The van der Waals surface area contributed by atoms with Gasteiger partial charge < -0.3 is 14.3 Å². The summed E-state index contributed by atoms with van der Waals surface area (Å²) < 4.78 is 10.3. The first-order valence-corrected chi connectivity index (χ1v) is 6.27. The molecule has 0 spiro atoms. The molecule has 0 radical (unpaired) electrons. The first kappa shape index (κ1) is 16.2. The molecule has 0 bridgehead atoms. The van der Waals surface area contributed by atoms with E-state index in [1.165, 1.54) is 5.06 Å². The van der Waals surface area contributed by atoms with Gasteiger partial charge in [-0.15, -0.1) is 5.06 Å². The highest BCUT2D eigenvalue weighted by atomic mass is 16.8. The Morgan fingerprint density at radius 2 is 2.06 bits per heavy atom. The molecule has 0 aliphatic rings. The van der Waals surface area contributed by atoms with Crippen LogP contribution in [-0.2, 0) is 14.3 Å². The van der Waals surface area contributed by atoms with Crippen molar-refractivity contribution in [2.45, 2.75) is 46.1 Å². The molecule has 0 heterocycles. The van der Waals surface area contributed by atoms with Crippen LogP contribution in [-0.4, -0.2) is 44.1 Å². The Morgan fingerprint density at radius 3 is 2.65 bits per heavy atom. The lowest BCUT2D eigenvalue weighted by Gasteiger charge is -2.18. The Kier molecular flexibility index (Phi) is 9.86. The summed E-state index contributed by atoms with van der Waals surface area (Å²) in [5.41, 5.74) is 0. The Labute approximate surface area is 104 Å². The molecule has 0 aliphatic heterocycles. The minimum atomic E-state index is -0.658. The van der Waals surface area contributed by atoms with Crippen LogP contribution in [0.3, 0.4) is 0 Å². The van der Waals surface area contributed by atoms with Crippen LogP contribution >= 0.6 is 0 Å². The highest BCUT2D eigenvalue weighted by Gasteiger charge is 2.10. The van der Waals surface area contributed by atoms with Crippen molar-refractivity contribution in [2.24, 2.45) is 0 Å². The number of carbonyl (C=O) groups excluding carboxylic acids is 1. The normalized spacial score (nSPS) is 12.5. The minimum Gasteiger partial charge on any atom is -0.433 e. The van der Waals surface area contributed by atoms with Crippen molar-refractivity contribution < 1.29 is 19.1 Å². The fourth-order valence-electron chi connectivity index (χ4n) is 1.19. The van der Waals surface area contributed by atoms with Crippen LogP contribution in [0, 0.1) is 0 Å². The van der Waals surface area contributed by atoms with E-state index >= 15 is 0 Å². The summed E-state index contributed by atoms with van der Waals surface area (Å²) in [7, 11) is 1.70. The van der Waals surface area contributed by atoms with E-state index in [9.17, 15) is 4.79 Å². The summed E-state index contributed by atoms with van der Waals surface area (Å²) in [5.74, 6) is 0. The third-order valence-electron chi connectivity index (χ3n) is 2.24. The van der Waals surface area contributed by atoms with Gasteiger partial charge in [0.25, 0.3) is 0 Å². The number of hydrogen-bond donors (Lipinski definition) is 0. The standard InChI is InChI=1S/C12H25NO4/c1-5-7-10-16-11(3)8-9-13(4)17-12(14)15-6-2/h11H,5-10H2,1-4H3. The molecule has 0 aromatic rings. The SMILES string of the molecule is CCCCOC(C)CCN(C)OC(=O)OCC. The van der Waals surface area contributed by atoms with Gasteiger partial charge in [-0.3, -0.25) is 0 Å². The highest BCUT2D eigenvalue weighted by molar-refractivity contribution is 5.59. The van der Waals surface area contributed by atoms with E-state index in [1.54, 1.807) is 14.0 Å². The van der Waals surface area contributed by atoms with Crippen molar-refractivity contribution in [3.05, 3.63) is 0 Å². The summed E-state index contributed by atoms with van der Waals surface area (Å²) in [5, 5.41) is 1.47. The zero-order valence-electron chi connectivity index (χ0n) is 11.4. The van der Waals surface area contributed by atoms with Gasteiger partial charge in [0.2, 0.25) is 0 Å². The van der Waals surface area contributed by atoms with E-state index in [1.807, 2.05) is 6.92 Å². The zero-order chi connectivity index (χ0) is 13.1. The number of carbonyl (C=O) groups is 1. The van der Waals surface area contributed by atoms with Crippen molar-refractivity contribution in [1.82, 2.24) is 5.06 Å². The summed E-state index contributed by atoms with van der Waals surface area (Å²) in [6.45, 7) is 7.64. The van der Waals surface area contributed by atoms with Gasteiger partial charge >= 0.3 is 6.16 Å². The van der Waals surface area contributed by atoms with E-state index in [2.05, 4.69) is 11.7 Å². The van der Waals surface area contributed by atoms with Gasteiger partial charge in [0.05, 0.1) is 12.7 Å². The highest BCUT2D eigenvalue weighted by Crippen LogP contribution is 2.02. The van der Waals surface area contributed by atoms with E-state index in [4.69, 9.17) is 9.57 Å². The van der Waals surface area contributed by atoms with Crippen LogP contribution in [0.15, 0.2) is 0 Å². The summed E-state index contributed by atoms with van der Waals surface area (Å²) >= 11 is 0. The van der Waals surface area contributed by atoms with Crippen LogP contribution in [0.5, 0.6) is 0 Å². The molecule has 0 aromatic heterocycles. The molecule has 1 unspecified atom stereocenters. The predicted octanol–water partition coefficient (Wildman–Crippen LogP) is 2.60. The molecule has 0 amide bonds. The second-order valence-electron chi connectivity index (χ2n) is 3.95. The molecule has 0 aliphatic carbocycles. The third-order valence-corrected chi connectivity index (χ3v) is 2.24. The number of ether oxygens (including phenoxy) is 2. The molecule has 1 atom stereocenters. The molecule has 0 aromatic carbocycles. The van der Waals surface area contributed by atoms with E-state index in [-0.39, 0.29) is 6.10 Å². The molecule has 0 fully saturated rings. The molecule has 5 heteroatoms. The van der Waals surface area contributed by atoms with Gasteiger partial charge in [0.1, 0.15) is 0 Å². The number of unbranched alkanes of at least 4 members (excludes halogenated alkanes) is 1. The fourth-order valence-corrected chi connectivity index (χ4v) is 1.19. The van der Waals surface area contributed by atoms with Gasteiger partial charge in [-0.05, 0) is 26.7 Å². The Balaban J connectivity index is 3.54. The monoisotopic (exact) mass is 247 g/mol. The summed E-state index contributed by atoms with van der Waals surface area (Å²) in [6.07, 6.45) is 2.56. The number of rotatable bonds is 9. The van der Waals surface area contributed by atoms with E-state index < -0.39 is 6.16 Å². The van der Waals surface area contributed by atoms with Crippen LogP contribution in [0.2, 0.25) is 0 Å². The lowest BCUT2D eigenvalue weighted by atomic mass is 10.3. The van der Waals surface area contributed by atoms with Gasteiger partial charge in [-0.2, -0.15) is 0 Å². The van der Waals surface area contributed by atoms with Crippen LogP contribution in [0.1, 0.15) is 40.0 Å². The lowest BCUT2D eigenvalue weighted by Crippen LogP contribution is -2.27. The number of nitrogens with zero attached hydrogens (tertiary/aromatic N) is 1. The van der Waals surface area contributed by atoms with E-state index in [0.717, 1.165) is 25.9 Å².